The lowest BCUT2D eigenvalue weighted by Gasteiger charge is -2.52. The monoisotopic (exact) mass is 673 g/mol. The second-order valence-corrected chi connectivity index (χ2v) is 15.7. The first-order chi connectivity index (χ1) is 22.6. The molecule has 5 heterocycles. The van der Waals surface area contributed by atoms with Crippen LogP contribution >= 0.6 is 21.6 Å². The first-order valence-electron chi connectivity index (χ1n) is 16.1. The third kappa shape index (κ3) is 5.35. The van der Waals surface area contributed by atoms with Crippen LogP contribution in [0.25, 0.3) is 11.0 Å². The summed E-state index contributed by atoms with van der Waals surface area (Å²) in [6.07, 6.45) is 7.72. The van der Waals surface area contributed by atoms with Crippen molar-refractivity contribution in [2.45, 2.75) is 76.5 Å². The molecule has 1 spiro atoms. The molecule has 2 N–H and O–H groups in total. The highest BCUT2D eigenvalue weighted by Gasteiger charge is 2.64. The van der Waals surface area contributed by atoms with Crippen molar-refractivity contribution in [2.75, 3.05) is 23.8 Å². The van der Waals surface area contributed by atoms with Crippen LogP contribution in [-0.2, 0) is 27.2 Å². The minimum atomic E-state index is -1.13. The minimum absolute atomic E-state index is 0.0730. The van der Waals surface area contributed by atoms with Crippen molar-refractivity contribution in [3.05, 3.63) is 86.9 Å². The Kier molecular flexibility index (Phi) is 8.19. The van der Waals surface area contributed by atoms with Gasteiger partial charge in [-0.3, -0.25) is 4.79 Å². The Morgan fingerprint density at radius 1 is 1.21 bits per heavy atom. The van der Waals surface area contributed by atoms with E-state index in [0.717, 1.165) is 46.4 Å². The fourth-order valence-electron chi connectivity index (χ4n) is 7.66. The number of hydrogen-bond donors (Lipinski definition) is 1. The molecule has 2 aromatic heterocycles. The van der Waals surface area contributed by atoms with Gasteiger partial charge >= 0.3 is 11.6 Å². The summed E-state index contributed by atoms with van der Waals surface area (Å²) in [5, 5.41) is 0.776. The Bertz CT molecular complexity index is 1900. The Hall–Kier alpha value is -3.70. The summed E-state index contributed by atoms with van der Waals surface area (Å²) in [4.78, 5) is 46.0. The van der Waals surface area contributed by atoms with E-state index >= 15 is 0 Å². The lowest BCUT2D eigenvalue weighted by Crippen LogP contribution is -2.63. The van der Waals surface area contributed by atoms with E-state index in [1.54, 1.807) is 52.9 Å². The zero-order valence-corrected chi connectivity index (χ0v) is 28.7. The van der Waals surface area contributed by atoms with Gasteiger partial charge in [-0.1, -0.05) is 46.2 Å². The van der Waals surface area contributed by atoms with Gasteiger partial charge in [0.1, 0.15) is 17.2 Å². The van der Waals surface area contributed by atoms with Crippen LogP contribution in [-0.4, -0.2) is 57.1 Å². The molecule has 1 fully saturated rings. The highest BCUT2D eigenvalue weighted by Crippen LogP contribution is 2.58. The molecule has 11 heteroatoms. The SMILES string of the molecule is C/C=C(\C)C(=O)O[C@]1(C)CC=C2CSSC[C@@H]3[C@@H](CC)CN3C(=O)Cc3cnc(N)cc3[C@H]2[C@]12Cc1cc3ccc(=O)oc3cc1O2. The zero-order chi connectivity index (χ0) is 33.1. The number of nitrogens with zero attached hydrogens (tertiary/aromatic N) is 2. The fraction of sp³-hybridized carbons (Fsp3) is 0.444. The maximum atomic E-state index is 13.9. The quantitative estimate of drug-likeness (QED) is 0.116. The molecule has 5 atom stereocenters. The van der Waals surface area contributed by atoms with Gasteiger partial charge in [-0.2, -0.15) is 0 Å². The van der Waals surface area contributed by atoms with E-state index in [1.807, 2.05) is 30.9 Å². The van der Waals surface area contributed by atoms with Crippen LogP contribution in [0.5, 0.6) is 5.75 Å². The summed E-state index contributed by atoms with van der Waals surface area (Å²) in [5.74, 6) is 2.21. The number of amides is 1. The van der Waals surface area contributed by atoms with Gasteiger partial charge in [-0.25, -0.2) is 14.6 Å². The normalized spacial score (nSPS) is 28.9. The van der Waals surface area contributed by atoms with E-state index in [2.05, 4.69) is 18.0 Å². The summed E-state index contributed by atoms with van der Waals surface area (Å²) in [6, 6.07) is 8.98. The number of rotatable bonds is 3. The van der Waals surface area contributed by atoms with Gasteiger partial charge in [0, 0.05) is 66.2 Å². The molecule has 3 aliphatic heterocycles. The molecule has 9 nitrogen and oxygen atoms in total. The van der Waals surface area contributed by atoms with E-state index in [9.17, 15) is 14.4 Å². The minimum Gasteiger partial charge on any atom is -0.481 e. The Balaban J connectivity index is 1.41. The van der Waals surface area contributed by atoms with E-state index in [0.29, 0.717) is 47.2 Å². The van der Waals surface area contributed by atoms with Gasteiger partial charge in [-0.05, 0) is 68.0 Å². The number of carbonyl (C=O) groups is 2. The molecular weight excluding hydrogens is 635 g/mol. The molecule has 0 saturated carbocycles. The smallest absolute Gasteiger partial charge is 0.336 e. The second-order valence-electron chi connectivity index (χ2n) is 13.2. The van der Waals surface area contributed by atoms with Gasteiger partial charge in [0.05, 0.1) is 12.3 Å². The van der Waals surface area contributed by atoms with E-state index in [-0.39, 0.29) is 18.4 Å². The van der Waals surface area contributed by atoms with Crippen LogP contribution in [0.2, 0.25) is 0 Å². The third-order valence-corrected chi connectivity index (χ3v) is 12.9. The molecule has 0 radical (unpaired) electrons. The van der Waals surface area contributed by atoms with Gasteiger partial charge in [-0.15, -0.1) is 0 Å². The summed E-state index contributed by atoms with van der Waals surface area (Å²) < 4.78 is 19.2. The first-order valence-corrected chi connectivity index (χ1v) is 18.6. The molecule has 3 aromatic rings. The van der Waals surface area contributed by atoms with Crippen molar-refractivity contribution < 1.29 is 23.5 Å². The van der Waals surface area contributed by atoms with Crippen molar-refractivity contribution in [3.8, 4) is 5.75 Å². The maximum absolute atomic E-state index is 13.9. The van der Waals surface area contributed by atoms with E-state index in [1.165, 1.54) is 6.07 Å². The van der Waals surface area contributed by atoms with Gasteiger partial charge in [0.2, 0.25) is 5.91 Å². The summed E-state index contributed by atoms with van der Waals surface area (Å²) in [5.41, 5.74) is 8.30. The van der Waals surface area contributed by atoms with Gasteiger partial charge in [0.25, 0.3) is 0 Å². The molecule has 7 rings (SSSR count). The van der Waals surface area contributed by atoms with Crippen LogP contribution in [0.4, 0.5) is 5.82 Å². The highest BCUT2D eigenvalue weighted by molar-refractivity contribution is 8.76. The number of ether oxygens (including phenoxy) is 2. The van der Waals surface area contributed by atoms with Crippen molar-refractivity contribution in [1.82, 2.24) is 9.88 Å². The lowest BCUT2D eigenvalue weighted by atomic mass is 9.61. The summed E-state index contributed by atoms with van der Waals surface area (Å²) in [6.45, 7) is 8.45. The van der Waals surface area contributed by atoms with E-state index in [4.69, 9.17) is 19.6 Å². The zero-order valence-electron chi connectivity index (χ0n) is 27.0. The largest absolute Gasteiger partial charge is 0.481 e. The van der Waals surface area contributed by atoms with Crippen LogP contribution < -0.4 is 16.1 Å². The molecule has 1 aromatic carbocycles. The first kappa shape index (κ1) is 31.9. The predicted molar refractivity (Wildman–Crippen MR) is 185 cm³/mol. The number of anilines is 1. The summed E-state index contributed by atoms with van der Waals surface area (Å²) >= 11 is 0. The summed E-state index contributed by atoms with van der Waals surface area (Å²) in [7, 11) is 3.58. The van der Waals surface area contributed by atoms with Crippen molar-refractivity contribution >= 4 is 50.3 Å². The van der Waals surface area contributed by atoms with Gasteiger partial charge in [0.15, 0.2) is 11.2 Å². The number of hydrogen-bond acceptors (Lipinski definition) is 10. The van der Waals surface area contributed by atoms with Crippen LogP contribution in [0, 0.1) is 5.92 Å². The van der Waals surface area contributed by atoms with Gasteiger partial charge < -0.3 is 24.5 Å². The van der Waals surface area contributed by atoms with Crippen molar-refractivity contribution in [1.29, 1.82) is 0 Å². The number of aromatic nitrogens is 1. The molecule has 246 valence electrons. The molecule has 1 amide bonds. The number of esters is 1. The van der Waals surface area contributed by atoms with Crippen molar-refractivity contribution in [3.63, 3.8) is 0 Å². The Morgan fingerprint density at radius 3 is 2.83 bits per heavy atom. The lowest BCUT2D eigenvalue weighted by molar-refractivity contribution is -0.183. The number of fused-ring (bicyclic) bond motifs is 7. The molecular formula is C36H39N3O6S2. The van der Waals surface area contributed by atoms with Crippen LogP contribution in [0.15, 0.2) is 69.0 Å². The number of pyridine rings is 1. The number of carbonyl (C=O) groups excluding carboxylic acids is 2. The van der Waals surface area contributed by atoms with Crippen LogP contribution in [0.1, 0.15) is 63.1 Å². The molecule has 47 heavy (non-hydrogen) atoms. The average Bonchev–Trinajstić information content (AvgIpc) is 3.40. The fourth-order valence-corrected chi connectivity index (χ4v) is 10.2. The number of nitrogens with two attached hydrogens (primary N) is 1. The molecule has 4 aliphatic rings. The molecule has 1 aliphatic carbocycles. The van der Waals surface area contributed by atoms with Crippen LogP contribution in [0.3, 0.4) is 0 Å². The third-order valence-electron chi connectivity index (χ3n) is 10.6. The standard InChI is InChI=1S/C36H39N3O6S2/c1-5-20(3)34(42)45-35(4)10-9-23-18-46-47-19-27-21(6-2)17-39(27)31(40)12-25-16-38-30(37)13-26(25)33(23)36(35)15-24-11-22-7-8-32(41)43-28(22)14-29(24)44-36/h5,7-9,11,13-14,16,21,27,33H,6,10,12,15,17-19H2,1-4H3,(H2,37,38)/b20-5+/t21-,27+,33-,35+,36+/m0/s1. The topological polar surface area (TPSA) is 125 Å². The number of allylic oxidation sites excluding steroid dienone is 1. The molecule has 0 unspecified atom stereocenters. The highest BCUT2D eigenvalue weighted by atomic mass is 33.1. The number of benzene rings is 1. The molecule has 1 saturated heterocycles. The number of nitrogen functional groups attached to an aromatic ring is 1. The maximum Gasteiger partial charge on any atom is 0.336 e. The molecule has 0 bridgehead atoms. The van der Waals surface area contributed by atoms with Crippen molar-refractivity contribution in [2.24, 2.45) is 5.92 Å². The Morgan fingerprint density at radius 2 is 2.04 bits per heavy atom. The Labute approximate surface area is 281 Å². The van der Waals surface area contributed by atoms with E-state index < -0.39 is 28.7 Å². The average molecular weight is 674 g/mol. The predicted octanol–water partition coefficient (Wildman–Crippen LogP) is 6.00. The second kappa shape index (κ2) is 12.1.